The van der Waals surface area contributed by atoms with E-state index in [1.54, 1.807) is 30.6 Å². The number of benzene rings is 2. The zero-order valence-corrected chi connectivity index (χ0v) is 20.6. The van der Waals surface area contributed by atoms with Crippen LogP contribution in [-0.2, 0) is 13.1 Å². The topological polar surface area (TPSA) is 54.7 Å². The normalized spacial score (nSPS) is 15.1. The molecule has 5 rings (SSSR count). The number of likely N-dealkylation sites (tertiary alicyclic amines) is 1. The number of hydrogen-bond donors (Lipinski definition) is 1. The highest BCUT2D eigenvalue weighted by atomic mass is 35.5. The van der Waals surface area contributed by atoms with Crippen molar-refractivity contribution in [2.24, 2.45) is 0 Å². The Morgan fingerprint density at radius 2 is 1.94 bits per heavy atom. The number of thiophene rings is 1. The highest BCUT2D eigenvalue weighted by molar-refractivity contribution is 7.16. The van der Waals surface area contributed by atoms with Gasteiger partial charge in [0, 0.05) is 28.5 Å². The molecule has 2 aromatic carbocycles. The zero-order chi connectivity index (χ0) is 23.7. The summed E-state index contributed by atoms with van der Waals surface area (Å²) in [6.45, 7) is 3.56. The van der Waals surface area contributed by atoms with Crippen molar-refractivity contribution in [1.29, 1.82) is 0 Å². The number of carbonyl (C=O) groups is 1. The smallest absolute Gasteiger partial charge is 0.335 e. The number of fused-ring (bicyclic) bond motifs is 1. The summed E-state index contributed by atoms with van der Waals surface area (Å²) < 4.78 is 8.67. The molecule has 3 heterocycles. The van der Waals surface area contributed by atoms with Gasteiger partial charge in [-0.2, -0.15) is 0 Å². The van der Waals surface area contributed by atoms with Crippen molar-refractivity contribution in [2.75, 3.05) is 20.2 Å². The first-order valence-electron chi connectivity index (χ1n) is 11.5. The number of rotatable bonds is 7. The number of ether oxygens (including phenoxy) is 1. The lowest BCUT2D eigenvalue weighted by Gasteiger charge is -2.32. The van der Waals surface area contributed by atoms with E-state index in [4.69, 9.17) is 16.3 Å². The molecule has 176 valence electrons. The van der Waals surface area contributed by atoms with Gasteiger partial charge in [0.2, 0.25) is 0 Å². The maximum atomic E-state index is 11.3. The number of carboxylic acids is 1. The Morgan fingerprint density at radius 3 is 2.65 bits per heavy atom. The Balaban J connectivity index is 1.35. The fraction of sp³-hybridized carbons (Fsp3) is 0.296. The molecular weight excluding hydrogens is 468 g/mol. The summed E-state index contributed by atoms with van der Waals surface area (Å²) in [4.78, 5) is 14.9. The maximum Gasteiger partial charge on any atom is 0.335 e. The predicted molar refractivity (Wildman–Crippen MR) is 138 cm³/mol. The van der Waals surface area contributed by atoms with Crippen molar-refractivity contribution in [3.05, 3.63) is 86.7 Å². The molecule has 0 spiro atoms. The first kappa shape index (κ1) is 23.0. The fourth-order valence-corrected chi connectivity index (χ4v) is 6.04. The van der Waals surface area contributed by atoms with Gasteiger partial charge in [0.25, 0.3) is 0 Å². The highest BCUT2D eigenvalue weighted by Crippen LogP contribution is 2.37. The van der Waals surface area contributed by atoms with E-state index >= 15 is 0 Å². The molecule has 0 unspecified atom stereocenters. The Labute approximate surface area is 208 Å². The van der Waals surface area contributed by atoms with Gasteiger partial charge >= 0.3 is 5.97 Å². The first-order chi connectivity index (χ1) is 16.5. The van der Waals surface area contributed by atoms with Gasteiger partial charge in [0.05, 0.1) is 23.6 Å². The molecule has 1 saturated heterocycles. The van der Waals surface area contributed by atoms with Gasteiger partial charge in [-0.05, 0) is 85.4 Å². The minimum Gasteiger partial charge on any atom is -0.497 e. The lowest BCUT2D eigenvalue weighted by Crippen LogP contribution is -2.32. The number of hydrogen-bond acceptors (Lipinski definition) is 4. The van der Waals surface area contributed by atoms with E-state index in [0.29, 0.717) is 11.5 Å². The van der Waals surface area contributed by atoms with Crippen LogP contribution in [0.5, 0.6) is 5.75 Å². The molecule has 0 aliphatic carbocycles. The summed E-state index contributed by atoms with van der Waals surface area (Å²) >= 11 is 7.79. The third-order valence-electron chi connectivity index (χ3n) is 6.68. The monoisotopic (exact) mass is 494 g/mol. The van der Waals surface area contributed by atoms with Crippen LogP contribution in [0.4, 0.5) is 0 Å². The Bertz CT molecular complexity index is 1320. The van der Waals surface area contributed by atoms with Gasteiger partial charge in [0.1, 0.15) is 5.75 Å². The van der Waals surface area contributed by atoms with Gasteiger partial charge in [-0.25, -0.2) is 4.79 Å². The van der Waals surface area contributed by atoms with E-state index < -0.39 is 5.97 Å². The van der Waals surface area contributed by atoms with Crippen LogP contribution in [0.2, 0.25) is 4.34 Å². The summed E-state index contributed by atoms with van der Waals surface area (Å²) in [6.07, 6.45) is 4.45. The molecule has 5 nitrogen and oxygen atoms in total. The van der Waals surface area contributed by atoms with Crippen molar-refractivity contribution in [3.8, 4) is 5.75 Å². The lowest BCUT2D eigenvalue weighted by atomic mass is 9.89. The maximum absolute atomic E-state index is 11.3. The number of nitrogens with zero attached hydrogens (tertiary/aromatic N) is 2. The van der Waals surface area contributed by atoms with E-state index in [1.165, 1.54) is 21.3 Å². The zero-order valence-electron chi connectivity index (χ0n) is 19.0. The van der Waals surface area contributed by atoms with Crippen LogP contribution in [0.15, 0.2) is 60.8 Å². The largest absolute Gasteiger partial charge is 0.497 e. The van der Waals surface area contributed by atoms with E-state index in [-0.39, 0.29) is 0 Å². The third kappa shape index (κ3) is 4.85. The third-order valence-corrected chi connectivity index (χ3v) is 7.90. The van der Waals surface area contributed by atoms with Crippen LogP contribution in [0.25, 0.3) is 10.9 Å². The van der Waals surface area contributed by atoms with E-state index in [0.717, 1.165) is 54.7 Å². The van der Waals surface area contributed by atoms with E-state index in [2.05, 4.69) is 33.9 Å². The predicted octanol–water partition coefficient (Wildman–Crippen LogP) is 6.49. The van der Waals surface area contributed by atoms with Crippen molar-refractivity contribution in [2.45, 2.75) is 31.8 Å². The molecule has 7 heteroatoms. The molecule has 4 aromatic rings. The van der Waals surface area contributed by atoms with E-state index in [1.807, 2.05) is 24.3 Å². The average Bonchev–Trinajstić information content (AvgIpc) is 3.42. The molecular formula is C27H27ClN2O3S. The number of aromatic carboxylic acids is 1. The first-order valence-corrected chi connectivity index (χ1v) is 12.6. The lowest BCUT2D eigenvalue weighted by molar-refractivity contribution is 0.0696. The van der Waals surface area contributed by atoms with Crippen molar-refractivity contribution >= 4 is 39.8 Å². The molecule has 0 radical (unpaired) electrons. The highest BCUT2D eigenvalue weighted by Gasteiger charge is 2.24. The second-order valence-electron chi connectivity index (χ2n) is 8.86. The van der Waals surface area contributed by atoms with Crippen LogP contribution < -0.4 is 4.74 Å². The van der Waals surface area contributed by atoms with Crippen LogP contribution in [0, 0.1) is 0 Å². The van der Waals surface area contributed by atoms with Gasteiger partial charge in [0.15, 0.2) is 0 Å². The molecule has 34 heavy (non-hydrogen) atoms. The standard InChI is InChI=1S/C27H27ClN2O3S/c1-33-21-5-7-25-23(14-21)24(17-30(25)16-22-6-8-26(28)34-22)19-9-11-29(12-10-19)15-18-3-2-4-20(13-18)27(31)32/h2-8,13-14,17,19H,9-12,15-16H2,1H3,(H,31,32). The van der Waals surface area contributed by atoms with Crippen LogP contribution in [0.3, 0.4) is 0 Å². The summed E-state index contributed by atoms with van der Waals surface area (Å²) in [7, 11) is 1.71. The quantitative estimate of drug-likeness (QED) is 0.319. The van der Waals surface area contributed by atoms with Crippen molar-refractivity contribution in [1.82, 2.24) is 9.47 Å². The molecule has 1 aliphatic rings. The van der Waals surface area contributed by atoms with E-state index in [9.17, 15) is 9.90 Å². The molecule has 1 N–H and O–H groups in total. The molecule has 0 atom stereocenters. The van der Waals surface area contributed by atoms with Crippen LogP contribution in [0.1, 0.15) is 45.1 Å². The number of piperidine rings is 1. The SMILES string of the molecule is COc1ccc2c(c1)c(C1CCN(Cc3cccc(C(=O)O)c3)CC1)cn2Cc1ccc(Cl)s1. The van der Waals surface area contributed by atoms with Gasteiger partial charge in [-0.3, -0.25) is 4.90 Å². The summed E-state index contributed by atoms with van der Waals surface area (Å²) in [5.74, 6) is 0.475. The molecule has 0 amide bonds. The summed E-state index contributed by atoms with van der Waals surface area (Å²) in [6, 6.07) is 17.7. The van der Waals surface area contributed by atoms with Gasteiger partial charge in [-0.15, -0.1) is 11.3 Å². The second-order valence-corrected chi connectivity index (χ2v) is 10.7. The summed E-state index contributed by atoms with van der Waals surface area (Å²) in [5.41, 5.74) is 3.99. The van der Waals surface area contributed by atoms with Gasteiger partial charge in [-0.1, -0.05) is 23.7 Å². The van der Waals surface area contributed by atoms with Gasteiger partial charge < -0.3 is 14.4 Å². The van der Waals surface area contributed by atoms with Crippen LogP contribution in [-0.4, -0.2) is 40.7 Å². The minimum atomic E-state index is -0.878. The minimum absolute atomic E-state index is 0.348. The Morgan fingerprint density at radius 1 is 1.12 bits per heavy atom. The Hall–Kier alpha value is -2.80. The Kier molecular flexibility index (Phi) is 6.63. The molecule has 2 aromatic heterocycles. The summed E-state index contributed by atoms with van der Waals surface area (Å²) in [5, 5.41) is 10.5. The van der Waals surface area contributed by atoms with Crippen molar-refractivity contribution in [3.63, 3.8) is 0 Å². The molecule has 1 fully saturated rings. The molecule has 0 saturated carbocycles. The number of aromatic nitrogens is 1. The molecule has 1 aliphatic heterocycles. The number of methoxy groups -OCH3 is 1. The second kappa shape index (κ2) is 9.82. The fourth-order valence-electron chi connectivity index (χ4n) is 4.95. The molecule has 0 bridgehead atoms. The van der Waals surface area contributed by atoms with Crippen LogP contribution >= 0.6 is 22.9 Å². The number of carboxylic acid groups (broad SMARTS) is 1. The number of halogens is 1. The van der Waals surface area contributed by atoms with Crippen molar-refractivity contribution < 1.29 is 14.6 Å². The average molecular weight is 495 g/mol.